The maximum absolute atomic E-state index is 13.0. The van der Waals surface area contributed by atoms with E-state index in [9.17, 15) is 9.59 Å². The highest BCUT2D eigenvalue weighted by Crippen LogP contribution is 2.22. The average Bonchev–Trinajstić information content (AvgIpc) is 3.36. The molecule has 4 rings (SSSR count). The van der Waals surface area contributed by atoms with E-state index in [2.05, 4.69) is 15.3 Å². The Bertz CT molecular complexity index is 1150. The minimum absolute atomic E-state index is 0.104. The van der Waals surface area contributed by atoms with Gasteiger partial charge in [0.05, 0.1) is 38.4 Å². The summed E-state index contributed by atoms with van der Waals surface area (Å²) in [4.78, 5) is 28.1. The molecule has 1 aliphatic rings. The lowest BCUT2D eigenvalue weighted by Gasteiger charge is -2.16. The lowest BCUT2D eigenvalue weighted by atomic mass is 10.1. The standard InChI is InChI=1S/C24H28N4O4/c1-31-18-13-17(14-19(15-18)32-2)23(29)25-16-22-20-7-3-4-8-21(20)24(30)28(26-22)12-11-27-9-5-6-10-27/h3-4,7-8,13-15H,5-6,9-12,16H2,1-2H3,(H,25,29). The van der Waals surface area contributed by atoms with Crippen LogP contribution in [0, 0.1) is 0 Å². The number of hydrogen-bond acceptors (Lipinski definition) is 6. The predicted octanol–water partition coefficient (Wildman–Crippen LogP) is 2.44. The molecular formula is C24H28N4O4. The third-order valence-electron chi connectivity index (χ3n) is 5.80. The van der Waals surface area contributed by atoms with Crippen LogP contribution < -0.4 is 20.3 Å². The van der Waals surface area contributed by atoms with Gasteiger partial charge in [-0.15, -0.1) is 0 Å². The first-order valence-corrected chi connectivity index (χ1v) is 10.8. The fraction of sp³-hybridized carbons (Fsp3) is 0.375. The number of benzene rings is 2. The molecule has 0 bridgehead atoms. The summed E-state index contributed by atoms with van der Waals surface area (Å²) in [6.07, 6.45) is 2.40. The van der Waals surface area contributed by atoms with Crippen molar-refractivity contribution >= 4 is 16.7 Å². The van der Waals surface area contributed by atoms with Gasteiger partial charge in [-0.3, -0.25) is 9.59 Å². The van der Waals surface area contributed by atoms with Gasteiger partial charge in [0.2, 0.25) is 0 Å². The fourth-order valence-corrected chi connectivity index (χ4v) is 4.03. The molecule has 0 atom stereocenters. The number of likely N-dealkylation sites (tertiary alicyclic amines) is 1. The minimum atomic E-state index is -0.275. The Morgan fingerprint density at radius 2 is 1.66 bits per heavy atom. The number of fused-ring (bicyclic) bond motifs is 1. The smallest absolute Gasteiger partial charge is 0.274 e. The maximum Gasteiger partial charge on any atom is 0.274 e. The van der Waals surface area contributed by atoms with E-state index in [4.69, 9.17) is 9.47 Å². The molecule has 32 heavy (non-hydrogen) atoms. The second-order valence-electron chi connectivity index (χ2n) is 7.85. The van der Waals surface area contributed by atoms with E-state index in [0.717, 1.165) is 25.0 Å². The van der Waals surface area contributed by atoms with Gasteiger partial charge in [-0.1, -0.05) is 18.2 Å². The van der Waals surface area contributed by atoms with Crippen LogP contribution in [0.25, 0.3) is 10.8 Å². The SMILES string of the molecule is COc1cc(OC)cc(C(=O)NCc2nn(CCN3CCCC3)c(=O)c3ccccc23)c1. The second-order valence-corrected chi connectivity index (χ2v) is 7.85. The highest BCUT2D eigenvalue weighted by molar-refractivity contribution is 5.95. The van der Waals surface area contributed by atoms with Crippen molar-refractivity contribution < 1.29 is 14.3 Å². The van der Waals surface area contributed by atoms with Crippen LogP contribution in [-0.4, -0.2) is 54.4 Å². The number of methoxy groups -OCH3 is 2. The summed E-state index contributed by atoms with van der Waals surface area (Å²) in [6.45, 7) is 3.64. The van der Waals surface area contributed by atoms with Gasteiger partial charge in [0.25, 0.3) is 11.5 Å². The number of carbonyl (C=O) groups excluding carboxylic acids is 1. The Kier molecular flexibility index (Phi) is 6.70. The van der Waals surface area contributed by atoms with E-state index in [0.29, 0.717) is 34.7 Å². The number of carbonyl (C=O) groups is 1. The molecule has 0 spiro atoms. The van der Waals surface area contributed by atoms with E-state index in [-0.39, 0.29) is 18.0 Å². The van der Waals surface area contributed by atoms with Crippen LogP contribution in [0.3, 0.4) is 0 Å². The van der Waals surface area contributed by atoms with Gasteiger partial charge in [0, 0.05) is 23.6 Å². The van der Waals surface area contributed by atoms with Crippen molar-refractivity contribution in [1.29, 1.82) is 0 Å². The third kappa shape index (κ3) is 4.75. The van der Waals surface area contributed by atoms with Crippen LogP contribution in [-0.2, 0) is 13.1 Å². The van der Waals surface area contributed by atoms with Gasteiger partial charge < -0.3 is 19.7 Å². The lowest BCUT2D eigenvalue weighted by molar-refractivity contribution is 0.0949. The van der Waals surface area contributed by atoms with Crippen LogP contribution in [0.4, 0.5) is 0 Å². The molecular weight excluding hydrogens is 408 g/mol. The van der Waals surface area contributed by atoms with Gasteiger partial charge in [0.1, 0.15) is 11.5 Å². The zero-order chi connectivity index (χ0) is 22.5. The zero-order valence-corrected chi connectivity index (χ0v) is 18.5. The molecule has 0 saturated carbocycles. The van der Waals surface area contributed by atoms with Crippen LogP contribution in [0.5, 0.6) is 11.5 Å². The highest BCUT2D eigenvalue weighted by Gasteiger charge is 2.16. The Morgan fingerprint density at radius 3 is 2.31 bits per heavy atom. The van der Waals surface area contributed by atoms with Crippen molar-refractivity contribution in [1.82, 2.24) is 20.0 Å². The lowest BCUT2D eigenvalue weighted by Crippen LogP contribution is -2.32. The largest absolute Gasteiger partial charge is 0.497 e. The van der Waals surface area contributed by atoms with Gasteiger partial charge in [-0.25, -0.2) is 4.68 Å². The van der Waals surface area contributed by atoms with E-state index < -0.39 is 0 Å². The van der Waals surface area contributed by atoms with Crippen LogP contribution >= 0.6 is 0 Å². The van der Waals surface area contributed by atoms with Crippen molar-refractivity contribution in [3.05, 3.63) is 64.1 Å². The molecule has 1 fully saturated rings. The first-order valence-electron chi connectivity index (χ1n) is 10.8. The van der Waals surface area contributed by atoms with Crippen molar-refractivity contribution in [2.75, 3.05) is 33.9 Å². The molecule has 0 unspecified atom stereocenters. The van der Waals surface area contributed by atoms with E-state index >= 15 is 0 Å². The number of aromatic nitrogens is 2. The molecule has 1 aliphatic heterocycles. The molecule has 0 radical (unpaired) electrons. The van der Waals surface area contributed by atoms with Gasteiger partial charge >= 0.3 is 0 Å². The molecule has 1 N–H and O–H groups in total. The summed E-state index contributed by atoms with van der Waals surface area (Å²) < 4.78 is 12.0. The number of hydrogen-bond donors (Lipinski definition) is 1. The molecule has 8 nitrogen and oxygen atoms in total. The summed E-state index contributed by atoms with van der Waals surface area (Å²) in [5.41, 5.74) is 0.977. The van der Waals surface area contributed by atoms with Crippen LogP contribution in [0.2, 0.25) is 0 Å². The average molecular weight is 437 g/mol. The number of amides is 1. The van der Waals surface area contributed by atoms with Crippen molar-refractivity contribution in [3.63, 3.8) is 0 Å². The highest BCUT2D eigenvalue weighted by atomic mass is 16.5. The Hall–Kier alpha value is -3.39. The Balaban J connectivity index is 1.57. The Morgan fingerprint density at radius 1 is 1.00 bits per heavy atom. The molecule has 1 amide bonds. The molecule has 168 valence electrons. The normalized spacial score (nSPS) is 13.9. The predicted molar refractivity (Wildman–Crippen MR) is 122 cm³/mol. The molecule has 2 heterocycles. The number of nitrogens with zero attached hydrogens (tertiary/aromatic N) is 3. The second kappa shape index (κ2) is 9.82. The molecule has 1 saturated heterocycles. The van der Waals surface area contributed by atoms with Crippen molar-refractivity contribution in [2.24, 2.45) is 0 Å². The summed E-state index contributed by atoms with van der Waals surface area (Å²) in [5.74, 6) is 0.796. The van der Waals surface area contributed by atoms with Crippen LogP contribution in [0.1, 0.15) is 28.9 Å². The van der Waals surface area contributed by atoms with Gasteiger partial charge in [-0.05, 0) is 44.1 Å². The van der Waals surface area contributed by atoms with Crippen molar-refractivity contribution in [3.8, 4) is 11.5 Å². The summed E-state index contributed by atoms with van der Waals surface area (Å²) in [5, 5.41) is 8.88. The monoisotopic (exact) mass is 436 g/mol. The van der Waals surface area contributed by atoms with E-state index in [1.54, 1.807) is 18.2 Å². The topological polar surface area (TPSA) is 85.7 Å². The molecule has 1 aromatic heterocycles. The third-order valence-corrected chi connectivity index (χ3v) is 5.80. The summed E-state index contributed by atoms with van der Waals surface area (Å²) in [7, 11) is 3.08. The number of ether oxygens (including phenoxy) is 2. The molecule has 3 aromatic rings. The fourth-order valence-electron chi connectivity index (χ4n) is 4.03. The van der Waals surface area contributed by atoms with E-state index in [1.807, 2.05) is 24.3 Å². The van der Waals surface area contributed by atoms with E-state index in [1.165, 1.54) is 31.7 Å². The van der Waals surface area contributed by atoms with Crippen LogP contribution in [0.15, 0.2) is 47.3 Å². The summed E-state index contributed by atoms with van der Waals surface area (Å²) >= 11 is 0. The number of rotatable bonds is 8. The minimum Gasteiger partial charge on any atom is -0.497 e. The van der Waals surface area contributed by atoms with Crippen molar-refractivity contribution in [2.45, 2.75) is 25.9 Å². The number of nitrogens with one attached hydrogen (secondary N) is 1. The molecule has 8 heteroatoms. The maximum atomic E-state index is 13.0. The first-order chi connectivity index (χ1) is 15.6. The quantitative estimate of drug-likeness (QED) is 0.584. The first kappa shape index (κ1) is 21.8. The van der Waals surface area contributed by atoms with Gasteiger partial charge in [-0.2, -0.15) is 5.10 Å². The summed E-state index contributed by atoms with van der Waals surface area (Å²) in [6, 6.07) is 12.4. The Labute approximate surface area is 186 Å². The zero-order valence-electron chi connectivity index (χ0n) is 18.5. The molecule has 0 aliphatic carbocycles. The molecule has 2 aromatic carbocycles. The van der Waals surface area contributed by atoms with Gasteiger partial charge in [0.15, 0.2) is 0 Å².